The third kappa shape index (κ3) is 4.32. The molecule has 2 atom stereocenters. The van der Waals surface area contributed by atoms with Gasteiger partial charge in [-0.3, -0.25) is 4.90 Å². The highest BCUT2D eigenvalue weighted by Crippen LogP contribution is 2.37. The topological polar surface area (TPSA) is 32.7 Å². The Kier molecular flexibility index (Phi) is 5.34. The van der Waals surface area contributed by atoms with E-state index in [9.17, 15) is 5.11 Å². The van der Waals surface area contributed by atoms with Crippen molar-refractivity contribution in [1.82, 2.24) is 4.90 Å². The van der Waals surface area contributed by atoms with Crippen LogP contribution in [0.15, 0.2) is 54.6 Å². The predicted molar refractivity (Wildman–Crippen MR) is 113 cm³/mol. The Labute approximate surface area is 169 Å². The lowest BCUT2D eigenvalue weighted by atomic mass is 9.77. The Morgan fingerprint density at radius 2 is 1.54 bits per heavy atom. The highest BCUT2D eigenvalue weighted by molar-refractivity contribution is 5.28. The van der Waals surface area contributed by atoms with Gasteiger partial charge in [0.05, 0.1) is 18.8 Å². The lowest BCUT2D eigenvalue weighted by Crippen LogP contribution is -2.61. The monoisotopic (exact) mass is 379 g/mol. The van der Waals surface area contributed by atoms with Crippen molar-refractivity contribution in [3.8, 4) is 0 Å². The molecule has 0 spiro atoms. The van der Waals surface area contributed by atoms with Crippen LogP contribution in [0.1, 0.15) is 50.3 Å². The maximum atomic E-state index is 11.5. The largest absolute Gasteiger partial charge is 0.389 e. The summed E-state index contributed by atoms with van der Waals surface area (Å²) in [6, 6.07) is 20.0. The van der Waals surface area contributed by atoms with E-state index >= 15 is 0 Å². The minimum Gasteiger partial charge on any atom is -0.389 e. The summed E-state index contributed by atoms with van der Waals surface area (Å²) < 4.78 is 5.85. The first-order chi connectivity index (χ1) is 13.3. The average molecular weight is 380 g/mol. The molecule has 0 saturated carbocycles. The van der Waals surface area contributed by atoms with E-state index in [4.69, 9.17) is 4.74 Å². The van der Waals surface area contributed by atoms with Crippen molar-refractivity contribution >= 4 is 0 Å². The second-order valence-corrected chi connectivity index (χ2v) is 9.76. The van der Waals surface area contributed by atoms with Gasteiger partial charge in [-0.2, -0.15) is 0 Å². The van der Waals surface area contributed by atoms with Gasteiger partial charge in [-0.25, -0.2) is 0 Å². The van der Waals surface area contributed by atoms with Crippen molar-refractivity contribution in [1.29, 1.82) is 0 Å². The SMILES string of the molecule is CC(C)(C)c1ccc(CC2(O)CC3COCC(C2)N3Cc2ccccc2)cc1. The van der Waals surface area contributed by atoms with Crippen molar-refractivity contribution in [2.45, 2.75) is 69.7 Å². The number of rotatable bonds is 4. The summed E-state index contributed by atoms with van der Waals surface area (Å²) in [7, 11) is 0. The van der Waals surface area contributed by atoms with Crippen LogP contribution >= 0.6 is 0 Å². The van der Waals surface area contributed by atoms with Gasteiger partial charge in [0.2, 0.25) is 0 Å². The summed E-state index contributed by atoms with van der Waals surface area (Å²) >= 11 is 0. The zero-order chi connectivity index (χ0) is 19.8. The maximum Gasteiger partial charge on any atom is 0.0719 e. The number of ether oxygens (including phenoxy) is 1. The number of morpholine rings is 1. The van der Waals surface area contributed by atoms with Gasteiger partial charge in [0, 0.05) is 25.0 Å². The number of hydrogen-bond donors (Lipinski definition) is 1. The van der Waals surface area contributed by atoms with Gasteiger partial charge in [-0.15, -0.1) is 0 Å². The molecule has 3 nitrogen and oxygen atoms in total. The quantitative estimate of drug-likeness (QED) is 0.859. The first kappa shape index (κ1) is 19.6. The van der Waals surface area contributed by atoms with Gasteiger partial charge < -0.3 is 9.84 Å². The van der Waals surface area contributed by atoms with Crippen molar-refractivity contribution < 1.29 is 9.84 Å². The maximum absolute atomic E-state index is 11.5. The molecule has 4 rings (SSSR count). The first-order valence-corrected chi connectivity index (χ1v) is 10.5. The summed E-state index contributed by atoms with van der Waals surface area (Å²) in [6.07, 6.45) is 2.28. The van der Waals surface area contributed by atoms with Gasteiger partial charge in [0.15, 0.2) is 0 Å². The molecular weight excluding hydrogens is 346 g/mol. The Bertz CT molecular complexity index is 764. The molecule has 2 fully saturated rings. The molecular formula is C25H33NO2. The highest BCUT2D eigenvalue weighted by Gasteiger charge is 2.45. The minimum atomic E-state index is -0.643. The Morgan fingerprint density at radius 3 is 2.11 bits per heavy atom. The van der Waals surface area contributed by atoms with Gasteiger partial charge in [0.1, 0.15) is 0 Å². The van der Waals surface area contributed by atoms with Crippen LogP contribution in [0.4, 0.5) is 0 Å². The van der Waals surface area contributed by atoms with Crippen LogP contribution < -0.4 is 0 Å². The van der Waals surface area contributed by atoms with Crippen molar-refractivity contribution in [3.05, 3.63) is 71.3 Å². The first-order valence-electron chi connectivity index (χ1n) is 10.5. The van der Waals surface area contributed by atoms with Crippen LogP contribution in [0, 0.1) is 0 Å². The molecule has 3 heteroatoms. The van der Waals surface area contributed by atoms with Gasteiger partial charge >= 0.3 is 0 Å². The number of piperidine rings is 1. The summed E-state index contributed by atoms with van der Waals surface area (Å²) in [4.78, 5) is 2.55. The van der Waals surface area contributed by atoms with Crippen molar-refractivity contribution in [2.24, 2.45) is 0 Å². The van der Waals surface area contributed by atoms with E-state index in [0.29, 0.717) is 13.2 Å². The second-order valence-electron chi connectivity index (χ2n) is 9.76. The zero-order valence-corrected chi connectivity index (χ0v) is 17.4. The molecule has 2 bridgehead atoms. The molecule has 150 valence electrons. The third-order valence-corrected chi connectivity index (χ3v) is 6.35. The lowest BCUT2D eigenvalue weighted by molar-refractivity contribution is -0.145. The van der Waals surface area contributed by atoms with Crippen LogP contribution in [0.5, 0.6) is 0 Å². The van der Waals surface area contributed by atoms with Crippen LogP contribution in [-0.4, -0.2) is 40.9 Å². The molecule has 2 aromatic carbocycles. The summed E-state index contributed by atoms with van der Waals surface area (Å²) in [5.74, 6) is 0. The van der Waals surface area contributed by atoms with Crippen LogP contribution in [0.2, 0.25) is 0 Å². The second kappa shape index (κ2) is 7.62. The standard InChI is InChI=1S/C25H33NO2/c1-24(2,3)21-11-9-19(10-12-21)13-25(27)14-22-17-28-18-23(15-25)26(22)16-20-7-5-4-6-8-20/h4-12,22-23,27H,13-18H2,1-3H3. The Morgan fingerprint density at radius 1 is 0.929 bits per heavy atom. The van der Waals surface area contributed by atoms with Crippen molar-refractivity contribution in [2.75, 3.05) is 13.2 Å². The van der Waals surface area contributed by atoms with E-state index in [0.717, 1.165) is 25.8 Å². The number of benzene rings is 2. The molecule has 28 heavy (non-hydrogen) atoms. The predicted octanol–water partition coefficient (Wildman–Crippen LogP) is 4.32. The molecule has 0 aromatic heterocycles. The smallest absolute Gasteiger partial charge is 0.0719 e. The average Bonchev–Trinajstić information content (AvgIpc) is 2.63. The van der Waals surface area contributed by atoms with E-state index in [1.807, 2.05) is 0 Å². The summed E-state index contributed by atoms with van der Waals surface area (Å²) in [5.41, 5.74) is 3.42. The molecule has 0 aliphatic carbocycles. The fourth-order valence-corrected chi connectivity index (χ4v) is 4.84. The number of aliphatic hydroxyl groups is 1. The molecule has 0 amide bonds. The Hall–Kier alpha value is -1.68. The van der Waals surface area contributed by atoms with E-state index in [1.165, 1.54) is 16.7 Å². The molecule has 0 radical (unpaired) electrons. The summed E-state index contributed by atoms with van der Waals surface area (Å²) in [5, 5.41) is 11.5. The molecule has 2 aromatic rings. The van der Waals surface area contributed by atoms with Crippen LogP contribution in [0.25, 0.3) is 0 Å². The lowest BCUT2D eigenvalue weighted by Gasteiger charge is -2.52. The van der Waals surface area contributed by atoms with Crippen molar-refractivity contribution in [3.63, 3.8) is 0 Å². The molecule has 2 aliphatic rings. The molecule has 2 heterocycles. The van der Waals surface area contributed by atoms with Gasteiger partial charge in [-0.05, 0) is 34.9 Å². The fourth-order valence-electron chi connectivity index (χ4n) is 4.84. The fraction of sp³-hybridized carbons (Fsp3) is 0.520. The normalized spacial score (nSPS) is 28.3. The van der Waals surface area contributed by atoms with E-state index in [2.05, 4.69) is 80.3 Å². The van der Waals surface area contributed by atoms with Gasteiger partial charge in [-0.1, -0.05) is 75.4 Å². The number of hydrogen-bond acceptors (Lipinski definition) is 3. The highest BCUT2D eigenvalue weighted by atomic mass is 16.5. The van der Waals surface area contributed by atoms with E-state index < -0.39 is 5.60 Å². The minimum absolute atomic E-state index is 0.159. The number of fused-ring (bicyclic) bond motifs is 2. The van der Waals surface area contributed by atoms with Gasteiger partial charge in [0.25, 0.3) is 0 Å². The number of nitrogens with zero attached hydrogens (tertiary/aromatic N) is 1. The molecule has 2 saturated heterocycles. The molecule has 1 N–H and O–H groups in total. The summed E-state index contributed by atoms with van der Waals surface area (Å²) in [6.45, 7) is 9.08. The van der Waals surface area contributed by atoms with E-state index in [1.54, 1.807) is 0 Å². The van der Waals surface area contributed by atoms with Crippen LogP contribution in [0.3, 0.4) is 0 Å². The molecule has 2 aliphatic heterocycles. The molecule has 2 unspecified atom stereocenters. The Balaban J connectivity index is 1.46. The van der Waals surface area contributed by atoms with E-state index in [-0.39, 0.29) is 17.5 Å². The third-order valence-electron chi connectivity index (χ3n) is 6.35. The van der Waals surface area contributed by atoms with Crippen LogP contribution in [-0.2, 0) is 23.1 Å². The zero-order valence-electron chi connectivity index (χ0n) is 17.4.